The van der Waals surface area contributed by atoms with Gasteiger partial charge in [0.15, 0.2) is 0 Å². The van der Waals surface area contributed by atoms with E-state index in [0.29, 0.717) is 23.7 Å². The molecule has 0 bridgehead atoms. The van der Waals surface area contributed by atoms with Crippen LogP contribution in [0.5, 0.6) is 0 Å². The van der Waals surface area contributed by atoms with Crippen molar-refractivity contribution in [3.05, 3.63) is 47.0 Å². The highest BCUT2D eigenvalue weighted by Crippen LogP contribution is 2.29. The van der Waals surface area contributed by atoms with E-state index in [4.69, 9.17) is 5.73 Å². The molecule has 31 heavy (non-hydrogen) atoms. The molecule has 2 aromatic carbocycles. The number of amides is 3. The summed E-state index contributed by atoms with van der Waals surface area (Å²) in [5.74, 6) is -0.379. The highest BCUT2D eigenvalue weighted by molar-refractivity contribution is 6.26. The maximum absolute atomic E-state index is 12.1. The number of nitrogens with one attached hydrogen (secondary N) is 2. The standard InChI is InChI=1S/C15H14N2O2.C10H19NO/c16-8-2-4-10-7-6-9-3-1-5-11-12(9)13(10)15(19)17-14(11)18;1-2-3-4-5-6-9-7-8-10(12)11-9/h1,3,5-7H,2,4,8,16H2,(H,17,18,19);9H,2-8H2,1H3,(H,11,12). The van der Waals surface area contributed by atoms with Crippen LogP contribution < -0.4 is 16.4 Å². The van der Waals surface area contributed by atoms with Gasteiger partial charge in [-0.15, -0.1) is 0 Å². The van der Waals surface area contributed by atoms with Crippen molar-refractivity contribution in [3.63, 3.8) is 0 Å². The van der Waals surface area contributed by atoms with Crippen molar-refractivity contribution in [2.75, 3.05) is 6.54 Å². The first-order chi connectivity index (χ1) is 15.0. The Morgan fingerprint density at radius 3 is 2.55 bits per heavy atom. The summed E-state index contributed by atoms with van der Waals surface area (Å²) >= 11 is 0. The molecule has 0 spiro atoms. The van der Waals surface area contributed by atoms with E-state index < -0.39 is 0 Å². The van der Waals surface area contributed by atoms with Crippen LogP contribution in [-0.4, -0.2) is 30.3 Å². The predicted octanol–water partition coefficient (Wildman–Crippen LogP) is 3.85. The number of aryl methyl sites for hydroxylation is 1. The van der Waals surface area contributed by atoms with Crippen molar-refractivity contribution in [3.8, 4) is 0 Å². The van der Waals surface area contributed by atoms with Crippen LogP contribution in [0.3, 0.4) is 0 Å². The minimum absolute atomic E-state index is 0.246. The van der Waals surface area contributed by atoms with Crippen LogP contribution in [0.4, 0.5) is 0 Å². The molecule has 0 aliphatic carbocycles. The Morgan fingerprint density at radius 1 is 1.00 bits per heavy atom. The summed E-state index contributed by atoms with van der Waals surface area (Å²) in [6.07, 6.45) is 9.79. The molecule has 1 atom stereocenters. The van der Waals surface area contributed by atoms with Crippen molar-refractivity contribution in [2.24, 2.45) is 5.73 Å². The normalized spacial score (nSPS) is 17.2. The van der Waals surface area contributed by atoms with E-state index in [1.54, 1.807) is 6.07 Å². The Labute approximate surface area is 184 Å². The van der Waals surface area contributed by atoms with Crippen LogP contribution in [0.2, 0.25) is 0 Å². The molecule has 4 rings (SSSR count). The average molecular weight is 424 g/mol. The molecule has 0 saturated carbocycles. The molecule has 3 amide bonds. The number of carbonyl (C=O) groups is 3. The third-order valence-corrected chi connectivity index (χ3v) is 5.97. The maximum atomic E-state index is 12.1. The maximum Gasteiger partial charge on any atom is 0.259 e. The van der Waals surface area contributed by atoms with Crippen molar-refractivity contribution >= 4 is 28.5 Å². The number of nitrogens with two attached hydrogens (primary N) is 1. The zero-order chi connectivity index (χ0) is 22.2. The van der Waals surface area contributed by atoms with E-state index in [1.165, 1.54) is 32.1 Å². The lowest BCUT2D eigenvalue weighted by Gasteiger charge is -2.19. The molecule has 166 valence electrons. The van der Waals surface area contributed by atoms with Gasteiger partial charge in [0.05, 0.1) is 5.56 Å². The van der Waals surface area contributed by atoms with Gasteiger partial charge in [0.25, 0.3) is 11.8 Å². The van der Waals surface area contributed by atoms with E-state index in [2.05, 4.69) is 17.6 Å². The van der Waals surface area contributed by atoms with Crippen LogP contribution >= 0.6 is 0 Å². The van der Waals surface area contributed by atoms with Crippen LogP contribution in [0, 0.1) is 0 Å². The van der Waals surface area contributed by atoms with Crippen molar-refractivity contribution in [2.45, 2.75) is 70.8 Å². The van der Waals surface area contributed by atoms with E-state index in [0.717, 1.165) is 42.0 Å². The van der Waals surface area contributed by atoms with E-state index in [1.807, 2.05) is 24.3 Å². The molecule has 4 N–H and O–H groups in total. The third-order valence-electron chi connectivity index (χ3n) is 5.97. The molecule has 0 radical (unpaired) electrons. The second kappa shape index (κ2) is 11.0. The fourth-order valence-corrected chi connectivity index (χ4v) is 4.32. The van der Waals surface area contributed by atoms with Gasteiger partial charge in [0, 0.05) is 23.4 Å². The van der Waals surface area contributed by atoms with E-state index in [-0.39, 0.29) is 17.7 Å². The second-order valence-corrected chi connectivity index (χ2v) is 8.33. The minimum Gasteiger partial charge on any atom is -0.353 e. The smallest absolute Gasteiger partial charge is 0.259 e. The Morgan fingerprint density at radius 2 is 1.84 bits per heavy atom. The lowest BCUT2D eigenvalue weighted by Crippen LogP contribution is -2.35. The monoisotopic (exact) mass is 423 g/mol. The van der Waals surface area contributed by atoms with Gasteiger partial charge < -0.3 is 11.1 Å². The lowest BCUT2D eigenvalue weighted by molar-refractivity contribution is -0.119. The SMILES string of the molecule is CCCCCCC1CCC(=O)N1.NCCCc1ccc2cccc3c2c1C(=O)NC3=O. The van der Waals surface area contributed by atoms with Crippen molar-refractivity contribution in [1.29, 1.82) is 0 Å². The summed E-state index contributed by atoms with van der Waals surface area (Å²) in [5, 5.41) is 7.09. The number of hydrogen-bond donors (Lipinski definition) is 3. The number of imide groups is 1. The second-order valence-electron chi connectivity index (χ2n) is 8.33. The summed E-state index contributed by atoms with van der Waals surface area (Å²) < 4.78 is 0. The molecule has 2 heterocycles. The molecular weight excluding hydrogens is 390 g/mol. The fourth-order valence-electron chi connectivity index (χ4n) is 4.32. The first-order valence-corrected chi connectivity index (χ1v) is 11.4. The van der Waals surface area contributed by atoms with Gasteiger partial charge in [-0.1, -0.05) is 56.9 Å². The Kier molecular flexibility index (Phi) is 8.18. The molecule has 1 unspecified atom stereocenters. The number of rotatable bonds is 8. The molecule has 6 heteroatoms. The summed E-state index contributed by atoms with van der Waals surface area (Å²) in [6, 6.07) is 9.90. The van der Waals surface area contributed by atoms with Gasteiger partial charge in [0.1, 0.15) is 0 Å². The summed E-state index contributed by atoms with van der Waals surface area (Å²) in [5.41, 5.74) is 7.68. The number of benzene rings is 2. The predicted molar refractivity (Wildman–Crippen MR) is 123 cm³/mol. The summed E-state index contributed by atoms with van der Waals surface area (Å²) in [4.78, 5) is 34.8. The van der Waals surface area contributed by atoms with Gasteiger partial charge in [-0.2, -0.15) is 0 Å². The number of hydrogen-bond acceptors (Lipinski definition) is 4. The first kappa shape index (κ1) is 22.9. The topological polar surface area (TPSA) is 101 Å². The highest BCUT2D eigenvalue weighted by atomic mass is 16.2. The van der Waals surface area contributed by atoms with Crippen LogP contribution in [-0.2, 0) is 11.2 Å². The van der Waals surface area contributed by atoms with Crippen LogP contribution in [0.25, 0.3) is 10.8 Å². The summed E-state index contributed by atoms with van der Waals surface area (Å²) in [7, 11) is 0. The molecule has 2 aliphatic heterocycles. The largest absolute Gasteiger partial charge is 0.353 e. The lowest BCUT2D eigenvalue weighted by atomic mass is 9.90. The van der Waals surface area contributed by atoms with Gasteiger partial charge in [0.2, 0.25) is 5.91 Å². The van der Waals surface area contributed by atoms with Crippen LogP contribution in [0.1, 0.15) is 84.6 Å². The molecule has 2 aromatic rings. The molecule has 1 saturated heterocycles. The molecule has 6 nitrogen and oxygen atoms in total. The average Bonchev–Trinajstić information content (AvgIpc) is 3.19. The Bertz CT molecular complexity index is 954. The van der Waals surface area contributed by atoms with Crippen molar-refractivity contribution in [1.82, 2.24) is 10.6 Å². The van der Waals surface area contributed by atoms with Crippen molar-refractivity contribution < 1.29 is 14.4 Å². The fraction of sp³-hybridized carbons (Fsp3) is 0.480. The van der Waals surface area contributed by atoms with Gasteiger partial charge >= 0.3 is 0 Å². The van der Waals surface area contributed by atoms with Gasteiger partial charge in [-0.05, 0) is 49.2 Å². The Hall–Kier alpha value is -2.73. The minimum atomic E-state index is -0.320. The third kappa shape index (κ3) is 5.70. The van der Waals surface area contributed by atoms with Gasteiger partial charge in [-0.25, -0.2) is 0 Å². The van der Waals surface area contributed by atoms with Crippen LogP contribution in [0.15, 0.2) is 30.3 Å². The quantitative estimate of drug-likeness (QED) is 0.443. The van der Waals surface area contributed by atoms with E-state index >= 15 is 0 Å². The zero-order valence-electron chi connectivity index (χ0n) is 18.3. The molecule has 1 fully saturated rings. The van der Waals surface area contributed by atoms with E-state index in [9.17, 15) is 14.4 Å². The zero-order valence-corrected chi connectivity index (χ0v) is 18.3. The molecule has 2 aliphatic rings. The summed E-state index contributed by atoms with van der Waals surface area (Å²) in [6.45, 7) is 2.80. The Balaban J connectivity index is 0.000000196. The number of unbranched alkanes of at least 4 members (excludes halogenated alkanes) is 3. The van der Waals surface area contributed by atoms with Gasteiger partial charge in [-0.3, -0.25) is 19.7 Å². The highest BCUT2D eigenvalue weighted by Gasteiger charge is 2.26. The molecular formula is C25H33N3O3. The number of carbonyl (C=O) groups excluding carboxylic acids is 3. The first-order valence-electron chi connectivity index (χ1n) is 11.4. The molecule has 0 aromatic heterocycles.